The molecule has 1 saturated carbocycles. The number of likely N-dealkylation sites (tertiary alicyclic amines) is 1. The minimum absolute atomic E-state index is 0.238. The fraction of sp³-hybridized carbons (Fsp3) is 0.684. The van der Waals surface area contributed by atoms with Gasteiger partial charge in [-0.2, -0.15) is 0 Å². The van der Waals surface area contributed by atoms with Crippen molar-refractivity contribution in [2.24, 2.45) is 11.1 Å². The van der Waals surface area contributed by atoms with E-state index in [1.807, 2.05) is 0 Å². The van der Waals surface area contributed by atoms with E-state index in [0.717, 1.165) is 6.54 Å². The first kappa shape index (κ1) is 15.1. The molecule has 2 aliphatic rings. The topological polar surface area (TPSA) is 29.3 Å². The average Bonchev–Trinajstić information content (AvgIpc) is 2.52. The van der Waals surface area contributed by atoms with E-state index in [1.165, 1.54) is 63.6 Å². The molecule has 1 aliphatic carbocycles. The maximum Gasteiger partial charge on any atom is 0.0509 e. The van der Waals surface area contributed by atoms with E-state index in [-0.39, 0.29) is 5.54 Å². The molecule has 0 amide bonds. The van der Waals surface area contributed by atoms with Crippen LogP contribution in [0.4, 0.5) is 0 Å². The molecule has 1 spiro atoms. The lowest BCUT2D eigenvalue weighted by Gasteiger charge is -2.46. The number of rotatable bonds is 3. The maximum atomic E-state index is 6.60. The molecule has 2 heteroatoms. The summed E-state index contributed by atoms with van der Waals surface area (Å²) in [6, 6.07) is 10.6. The molecule has 1 aliphatic heterocycles. The molecular formula is C19H30N2. The Labute approximate surface area is 129 Å². The molecular weight excluding hydrogens is 256 g/mol. The summed E-state index contributed by atoms with van der Waals surface area (Å²) < 4.78 is 0. The summed E-state index contributed by atoms with van der Waals surface area (Å²) in [4.78, 5) is 2.59. The lowest BCUT2D eigenvalue weighted by molar-refractivity contribution is 0.0572. The Morgan fingerprint density at radius 3 is 2.24 bits per heavy atom. The Morgan fingerprint density at radius 1 is 1.00 bits per heavy atom. The van der Waals surface area contributed by atoms with Crippen LogP contribution in [0, 0.1) is 5.41 Å². The van der Waals surface area contributed by atoms with E-state index in [1.54, 1.807) is 0 Å². The largest absolute Gasteiger partial charge is 0.321 e. The summed E-state index contributed by atoms with van der Waals surface area (Å²) in [5.74, 6) is 0. The zero-order valence-electron chi connectivity index (χ0n) is 13.5. The highest BCUT2D eigenvalue weighted by Gasteiger charge is 2.36. The number of hydrogen-bond acceptors (Lipinski definition) is 2. The summed E-state index contributed by atoms with van der Waals surface area (Å²) in [6.45, 7) is 5.62. The van der Waals surface area contributed by atoms with Crippen LogP contribution in [0.25, 0.3) is 0 Å². The standard InChI is InChI=1S/C19H30N2/c1-18(20,17-8-4-2-5-9-17)16-21-14-12-19(13-15-21)10-6-3-7-11-19/h2,4-5,8-9H,3,6-7,10-16,20H2,1H3. The van der Waals surface area contributed by atoms with Gasteiger partial charge in [0.15, 0.2) is 0 Å². The van der Waals surface area contributed by atoms with Crippen molar-refractivity contribution in [2.45, 2.75) is 57.4 Å². The molecule has 1 unspecified atom stereocenters. The Bertz CT molecular complexity index is 436. The van der Waals surface area contributed by atoms with Gasteiger partial charge in [0.2, 0.25) is 0 Å². The molecule has 2 nitrogen and oxygen atoms in total. The van der Waals surface area contributed by atoms with Crippen LogP contribution in [0.5, 0.6) is 0 Å². The van der Waals surface area contributed by atoms with Crippen LogP contribution in [-0.2, 0) is 5.54 Å². The zero-order chi connectivity index (χ0) is 14.8. The van der Waals surface area contributed by atoms with Crippen LogP contribution < -0.4 is 5.73 Å². The Balaban J connectivity index is 1.57. The molecule has 21 heavy (non-hydrogen) atoms. The second-order valence-electron chi connectivity index (χ2n) is 7.62. The first-order chi connectivity index (χ1) is 10.1. The average molecular weight is 286 g/mol. The van der Waals surface area contributed by atoms with Gasteiger partial charge < -0.3 is 10.6 Å². The highest BCUT2D eigenvalue weighted by Crippen LogP contribution is 2.44. The number of piperidine rings is 1. The van der Waals surface area contributed by atoms with Gasteiger partial charge in [0, 0.05) is 6.54 Å². The van der Waals surface area contributed by atoms with Crippen molar-refractivity contribution in [3.05, 3.63) is 35.9 Å². The van der Waals surface area contributed by atoms with Crippen LogP contribution in [0.2, 0.25) is 0 Å². The van der Waals surface area contributed by atoms with Gasteiger partial charge in [-0.05, 0) is 56.7 Å². The minimum Gasteiger partial charge on any atom is -0.321 e. The highest BCUT2D eigenvalue weighted by atomic mass is 15.2. The first-order valence-electron chi connectivity index (χ1n) is 8.67. The third-order valence-corrected chi connectivity index (χ3v) is 5.82. The summed E-state index contributed by atoms with van der Waals surface area (Å²) in [7, 11) is 0. The van der Waals surface area contributed by atoms with Gasteiger partial charge in [-0.25, -0.2) is 0 Å². The van der Waals surface area contributed by atoms with Gasteiger partial charge in [-0.15, -0.1) is 0 Å². The molecule has 0 radical (unpaired) electrons. The molecule has 116 valence electrons. The molecule has 1 aromatic carbocycles. The van der Waals surface area contributed by atoms with Gasteiger partial charge in [-0.3, -0.25) is 0 Å². The highest BCUT2D eigenvalue weighted by molar-refractivity contribution is 5.23. The van der Waals surface area contributed by atoms with Crippen LogP contribution in [-0.4, -0.2) is 24.5 Å². The Hall–Kier alpha value is -0.860. The van der Waals surface area contributed by atoms with Crippen LogP contribution >= 0.6 is 0 Å². The quantitative estimate of drug-likeness (QED) is 0.913. The van der Waals surface area contributed by atoms with E-state index in [4.69, 9.17) is 5.73 Å². The molecule has 1 saturated heterocycles. The van der Waals surface area contributed by atoms with Crippen molar-refractivity contribution in [1.29, 1.82) is 0 Å². The molecule has 1 heterocycles. The Morgan fingerprint density at radius 2 is 1.62 bits per heavy atom. The summed E-state index contributed by atoms with van der Waals surface area (Å²) >= 11 is 0. The lowest BCUT2D eigenvalue weighted by Crippen LogP contribution is -2.49. The van der Waals surface area contributed by atoms with Crippen molar-refractivity contribution < 1.29 is 0 Å². The third-order valence-electron chi connectivity index (χ3n) is 5.82. The summed E-state index contributed by atoms with van der Waals surface area (Å²) in [5, 5.41) is 0. The van der Waals surface area contributed by atoms with E-state index in [2.05, 4.69) is 42.2 Å². The van der Waals surface area contributed by atoms with E-state index >= 15 is 0 Å². The number of nitrogens with zero attached hydrogens (tertiary/aromatic N) is 1. The molecule has 1 atom stereocenters. The van der Waals surface area contributed by atoms with Gasteiger partial charge >= 0.3 is 0 Å². The van der Waals surface area contributed by atoms with E-state index in [9.17, 15) is 0 Å². The van der Waals surface area contributed by atoms with Crippen molar-refractivity contribution >= 4 is 0 Å². The SMILES string of the molecule is CC(N)(CN1CCC2(CCCCC2)CC1)c1ccccc1. The fourth-order valence-corrected chi connectivity index (χ4v) is 4.36. The first-order valence-corrected chi connectivity index (χ1v) is 8.67. The summed E-state index contributed by atoms with van der Waals surface area (Å²) in [5.41, 5.74) is 8.30. The molecule has 1 aromatic rings. The lowest BCUT2D eigenvalue weighted by atomic mass is 9.68. The predicted molar refractivity (Wildman–Crippen MR) is 89.2 cm³/mol. The van der Waals surface area contributed by atoms with Gasteiger partial charge in [0.25, 0.3) is 0 Å². The summed E-state index contributed by atoms with van der Waals surface area (Å²) in [6.07, 6.45) is 10.1. The molecule has 0 bridgehead atoms. The second kappa shape index (κ2) is 6.10. The fourth-order valence-electron chi connectivity index (χ4n) is 4.36. The van der Waals surface area contributed by atoms with E-state index < -0.39 is 0 Å². The van der Waals surface area contributed by atoms with Crippen molar-refractivity contribution in [1.82, 2.24) is 4.90 Å². The zero-order valence-corrected chi connectivity index (χ0v) is 13.5. The smallest absolute Gasteiger partial charge is 0.0509 e. The van der Waals surface area contributed by atoms with E-state index in [0.29, 0.717) is 5.41 Å². The maximum absolute atomic E-state index is 6.60. The number of benzene rings is 1. The Kier molecular flexibility index (Phi) is 4.37. The number of hydrogen-bond donors (Lipinski definition) is 1. The van der Waals surface area contributed by atoms with Crippen molar-refractivity contribution in [3.8, 4) is 0 Å². The van der Waals surface area contributed by atoms with Crippen molar-refractivity contribution in [3.63, 3.8) is 0 Å². The predicted octanol–water partition coefficient (Wildman–Crippen LogP) is 3.91. The van der Waals surface area contributed by atoms with Crippen LogP contribution in [0.1, 0.15) is 57.4 Å². The monoisotopic (exact) mass is 286 g/mol. The van der Waals surface area contributed by atoms with Crippen LogP contribution in [0.3, 0.4) is 0 Å². The van der Waals surface area contributed by atoms with Crippen molar-refractivity contribution in [2.75, 3.05) is 19.6 Å². The number of nitrogens with two attached hydrogens (primary N) is 1. The molecule has 3 rings (SSSR count). The molecule has 2 N–H and O–H groups in total. The van der Waals surface area contributed by atoms with Gasteiger partial charge in [-0.1, -0.05) is 49.6 Å². The second-order valence-corrected chi connectivity index (χ2v) is 7.62. The van der Waals surface area contributed by atoms with Gasteiger partial charge in [0.05, 0.1) is 5.54 Å². The molecule has 2 fully saturated rings. The van der Waals surface area contributed by atoms with Crippen LogP contribution in [0.15, 0.2) is 30.3 Å². The minimum atomic E-state index is -0.238. The van der Waals surface area contributed by atoms with Gasteiger partial charge in [0.1, 0.15) is 0 Å². The normalized spacial score (nSPS) is 25.6. The molecule has 0 aromatic heterocycles. The third kappa shape index (κ3) is 3.49.